The van der Waals surface area contributed by atoms with Gasteiger partial charge in [-0.1, -0.05) is 30.3 Å². The molecule has 7 heteroatoms. The summed E-state index contributed by atoms with van der Waals surface area (Å²) in [5.41, 5.74) is 3.79. The summed E-state index contributed by atoms with van der Waals surface area (Å²) in [6.45, 7) is 3.99. The van der Waals surface area contributed by atoms with Crippen molar-refractivity contribution in [3.63, 3.8) is 0 Å². The molecule has 0 bridgehead atoms. The van der Waals surface area contributed by atoms with Gasteiger partial charge in [0.2, 0.25) is 0 Å². The van der Waals surface area contributed by atoms with Crippen molar-refractivity contribution < 1.29 is 19.1 Å². The average molecular weight is 490 g/mol. The van der Waals surface area contributed by atoms with Crippen molar-refractivity contribution in [3.05, 3.63) is 64.7 Å². The van der Waals surface area contributed by atoms with Crippen LogP contribution in [-0.4, -0.2) is 71.4 Å². The van der Waals surface area contributed by atoms with Crippen molar-refractivity contribution in [1.29, 1.82) is 0 Å². The van der Waals surface area contributed by atoms with E-state index in [9.17, 15) is 14.4 Å². The van der Waals surface area contributed by atoms with Crippen molar-refractivity contribution in [2.45, 2.75) is 63.9 Å². The maximum Gasteiger partial charge on any atom is 0.255 e. The molecule has 2 aromatic carbocycles. The standard InChI is InChI=1S/C29H35N3O4/c1-30(2)22-12-14-31(15-13-22)17-20-6-8-21(9-7-20)19-36-28-5-3-4-24-25(28)18-32(29(24)35)26-11-10-23(33)16-27(26)34/h3-9,22,26H,10-19H2,1-2H3. The van der Waals surface area contributed by atoms with Gasteiger partial charge >= 0.3 is 0 Å². The smallest absolute Gasteiger partial charge is 0.255 e. The van der Waals surface area contributed by atoms with Crippen LogP contribution in [0.25, 0.3) is 0 Å². The van der Waals surface area contributed by atoms with Gasteiger partial charge < -0.3 is 14.5 Å². The largest absolute Gasteiger partial charge is 0.489 e. The minimum Gasteiger partial charge on any atom is -0.489 e. The van der Waals surface area contributed by atoms with Crippen LogP contribution >= 0.6 is 0 Å². The number of carbonyl (C=O) groups excluding carboxylic acids is 3. The summed E-state index contributed by atoms with van der Waals surface area (Å²) in [5.74, 6) is 0.332. The van der Waals surface area contributed by atoms with E-state index in [2.05, 4.69) is 48.2 Å². The maximum absolute atomic E-state index is 13.0. The highest BCUT2D eigenvalue weighted by atomic mass is 16.5. The van der Waals surface area contributed by atoms with Gasteiger partial charge in [-0.25, -0.2) is 0 Å². The Balaban J connectivity index is 1.18. The number of piperidine rings is 1. The van der Waals surface area contributed by atoms with Crippen molar-refractivity contribution in [3.8, 4) is 5.75 Å². The molecular formula is C29H35N3O4. The highest BCUT2D eigenvalue weighted by Gasteiger charge is 2.40. The molecule has 3 aliphatic rings. The number of amides is 1. The molecule has 190 valence electrons. The number of carbonyl (C=O) groups is 3. The molecule has 1 saturated carbocycles. The number of likely N-dealkylation sites (tertiary alicyclic amines) is 1. The topological polar surface area (TPSA) is 70.2 Å². The van der Waals surface area contributed by atoms with Gasteiger partial charge in [0.1, 0.15) is 18.1 Å². The number of hydrogen-bond acceptors (Lipinski definition) is 6. The third-order valence-corrected chi connectivity index (χ3v) is 7.88. The Morgan fingerprint density at radius 1 is 0.944 bits per heavy atom. The summed E-state index contributed by atoms with van der Waals surface area (Å²) >= 11 is 0. The van der Waals surface area contributed by atoms with E-state index in [1.807, 2.05) is 12.1 Å². The van der Waals surface area contributed by atoms with E-state index < -0.39 is 6.04 Å². The summed E-state index contributed by atoms with van der Waals surface area (Å²) in [5, 5.41) is 0. The van der Waals surface area contributed by atoms with Crippen LogP contribution in [0.3, 0.4) is 0 Å². The molecule has 1 atom stereocenters. The average Bonchev–Trinajstić information content (AvgIpc) is 3.21. The van der Waals surface area contributed by atoms with Crippen molar-refractivity contribution >= 4 is 17.5 Å². The Morgan fingerprint density at radius 3 is 2.36 bits per heavy atom. The summed E-state index contributed by atoms with van der Waals surface area (Å²) in [4.78, 5) is 43.5. The fourth-order valence-corrected chi connectivity index (χ4v) is 5.66. The normalized spacial score (nSPS) is 21.4. The number of ether oxygens (including phenoxy) is 1. The quantitative estimate of drug-likeness (QED) is 0.555. The molecule has 0 N–H and O–H groups in total. The number of ketones is 2. The van der Waals surface area contributed by atoms with E-state index in [1.54, 1.807) is 11.0 Å². The first kappa shape index (κ1) is 24.7. The second-order valence-corrected chi connectivity index (χ2v) is 10.5. The molecule has 7 nitrogen and oxygen atoms in total. The van der Waals surface area contributed by atoms with E-state index in [4.69, 9.17) is 4.74 Å². The third kappa shape index (κ3) is 5.22. The van der Waals surface area contributed by atoms with Crippen LogP contribution in [0.15, 0.2) is 42.5 Å². The molecule has 5 rings (SSSR count). The first-order valence-electron chi connectivity index (χ1n) is 13.0. The molecule has 2 aliphatic heterocycles. The van der Waals surface area contributed by atoms with E-state index in [-0.39, 0.29) is 23.9 Å². The lowest BCUT2D eigenvalue weighted by atomic mass is 9.92. The number of hydrogen-bond donors (Lipinski definition) is 0. The fraction of sp³-hybridized carbons (Fsp3) is 0.483. The van der Waals surface area contributed by atoms with Gasteiger partial charge in [0.25, 0.3) is 5.91 Å². The highest BCUT2D eigenvalue weighted by Crippen LogP contribution is 2.34. The molecule has 0 spiro atoms. The Labute approximate surface area is 213 Å². The monoisotopic (exact) mass is 489 g/mol. The van der Waals surface area contributed by atoms with Gasteiger partial charge in [-0.3, -0.25) is 19.3 Å². The Kier molecular flexibility index (Phi) is 7.21. The lowest BCUT2D eigenvalue weighted by Gasteiger charge is -2.35. The predicted molar refractivity (Wildman–Crippen MR) is 137 cm³/mol. The Hall–Kier alpha value is -3.03. The predicted octanol–water partition coefficient (Wildman–Crippen LogP) is 3.44. The van der Waals surface area contributed by atoms with Gasteiger partial charge in [-0.15, -0.1) is 0 Å². The molecule has 2 fully saturated rings. The van der Waals surface area contributed by atoms with Crippen molar-refractivity contribution in [1.82, 2.24) is 14.7 Å². The first-order valence-corrected chi connectivity index (χ1v) is 13.0. The van der Waals surface area contributed by atoms with Crippen LogP contribution in [0.1, 0.15) is 59.2 Å². The number of Topliss-reactive ketones (excluding diaryl/α,β-unsaturated/α-hetero) is 2. The summed E-state index contributed by atoms with van der Waals surface area (Å²) in [6.07, 6.45) is 3.12. The van der Waals surface area contributed by atoms with Gasteiger partial charge in [-0.05, 0) is 69.7 Å². The molecular weight excluding hydrogens is 454 g/mol. The molecule has 1 saturated heterocycles. The minimum absolute atomic E-state index is 0.0376. The molecule has 2 aromatic rings. The summed E-state index contributed by atoms with van der Waals surface area (Å²) in [7, 11) is 4.33. The second-order valence-electron chi connectivity index (χ2n) is 10.5. The van der Waals surface area contributed by atoms with Crippen LogP contribution in [0.2, 0.25) is 0 Å². The van der Waals surface area contributed by atoms with E-state index in [0.29, 0.717) is 43.3 Å². The van der Waals surface area contributed by atoms with Crippen LogP contribution in [-0.2, 0) is 29.3 Å². The molecule has 1 amide bonds. The van der Waals surface area contributed by atoms with Crippen molar-refractivity contribution in [2.24, 2.45) is 0 Å². The zero-order chi connectivity index (χ0) is 25.2. The third-order valence-electron chi connectivity index (χ3n) is 7.88. The summed E-state index contributed by atoms with van der Waals surface area (Å²) < 4.78 is 6.15. The molecule has 1 unspecified atom stereocenters. The van der Waals surface area contributed by atoms with Gasteiger partial charge in [0.15, 0.2) is 5.78 Å². The zero-order valence-electron chi connectivity index (χ0n) is 21.2. The Bertz CT molecular complexity index is 1140. The van der Waals surface area contributed by atoms with Crippen LogP contribution in [0.5, 0.6) is 5.75 Å². The van der Waals surface area contributed by atoms with Gasteiger partial charge in [0, 0.05) is 30.1 Å². The lowest BCUT2D eigenvalue weighted by Crippen LogP contribution is -2.44. The summed E-state index contributed by atoms with van der Waals surface area (Å²) in [6, 6.07) is 14.2. The maximum atomic E-state index is 13.0. The van der Waals surface area contributed by atoms with Crippen LogP contribution < -0.4 is 4.74 Å². The van der Waals surface area contributed by atoms with E-state index in [1.165, 1.54) is 18.4 Å². The van der Waals surface area contributed by atoms with Crippen LogP contribution in [0.4, 0.5) is 0 Å². The molecule has 1 aliphatic carbocycles. The minimum atomic E-state index is -0.517. The van der Waals surface area contributed by atoms with E-state index in [0.717, 1.165) is 30.8 Å². The van der Waals surface area contributed by atoms with Gasteiger partial charge in [0.05, 0.1) is 19.0 Å². The molecule has 0 radical (unpaired) electrons. The number of fused-ring (bicyclic) bond motifs is 1. The van der Waals surface area contributed by atoms with Crippen LogP contribution in [0, 0.1) is 0 Å². The number of nitrogens with zero attached hydrogens (tertiary/aromatic N) is 3. The SMILES string of the molecule is CN(C)C1CCN(Cc2ccc(COc3cccc4c3CN(C3CCC(=O)CC3=O)C4=O)cc2)CC1. The van der Waals surface area contributed by atoms with Crippen molar-refractivity contribution in [2.75, 3.05) is 27.2 Å². The molecule has 2 heterocycles. The van der Waals surface area contributed by atoms with E-state index >= 15 is 0 Å². The molecule has 36 heavy (non-hydrogen) atoms. The number of benzene rings is 2. The Morgan fingerprint density at radius 2 is 1.67 bits per heavy atom. The second kappa shape index (κ2) is 10.5. The highest BCUT2D eigenvalue weighted by molar-refractivity contribution is 6.07. The number of rotatable bonds is 7. The lowest BCUT2D eigenvalue weighted by molar-refractivity contribution is -0.133. The zero-order valence-corrected chi connectivity index (χ0v) is 21.2. The van der Waals surface area contributed by atoms with Gasteiger partial charge in [-0.2, -0.15) is 0 Å². The first-order chi connectivity index (χ1) is 17.4. The molecule has 0 aromatic heterocycles. The fourth-order valence-electron chi connectivity index (χ4n) is 5.66.